The van der Waals surface area contributed by atoms with Crippen LogP contribution in [0.3, 0.4) is 0 Å². The average Bonchev–Trinajstić information content (AvgIpc) is 2.51. The summed E-state index contributed by atoms with van der Waals surface area (Å²) in [5.41, 5.74) is 3.57. The van der Waals surface area contributed by atoms with E-state index in [-0.39, 0.29) is 6.42 Å². The van der Waals surface area contributed by atoms with Crippen LogP contribution in [0.15, 0.2) is 29.8 Å². The van der Waals surface area contributed by atoms with Crippen molar-refractivity contribution < 1.29 is 19.1 Å². The van der Waals surface area contributed by atoms with Gasteiger partial charge in [0.2, 0.25) is 0 Å². The molecule has 2 rings (SSSR count). The molecule has 0 spiro atoms. The van der Waals surface area contributed by atoms with Gasteiger partial charge in [-0.1, -0.05) is 24.3 Å². The fourth-order valence-electron chi connectivity index (χ4n) is 2.58. The Balaban J connectivity index is 2.50. The highest BCUT2D eigenvalue weighted by molar-refractivity contribution is 6.02. The Hall–Kier alpha value is -2.10. The molecule has 106 valence electrons. The van der Waals surface area contributed by atoms with E-state index in [4.69, 9.17) is 4.74 Å². The number of hydrogen-bond acceptors (Lipinski definition) is 4. The van der Waals surface area contributed by atoms with E-state index in [9.17, 15) is 9.59 Å². The molecule has 0 radical (unpaired) electrons. The predicted molar refractivity (Wildman–Crippen MR) is 74.9 cm³/mol. The first-order valence-electron chi connectivity index (χ1n) is 6.62. The van der Waals surface area contributed by atoms with Gasteiger partial charge >= 0.3 is 11.9 Å². The second-order valence-electron chi connectivity index (χ2n) is 4.71. The monoisotopic (exact) mass is 274 g/mol. The van der Waals surface area contributed by atoms with Crippen LogP contribution in [-0.4, -0.2) is 26.2 Å². The molecule has 0 amide bonds. The zero-order valence-corrected chi connectivity index (χ0v) is 11.8. The van der Waals surface area contributed by atoms with Crippen LogP contribution in [0.1, 0.15) is 30.4 Å². The summed E-state index contributed by atoms with van der Waals surface area (Å²) in [7, 11) is 2.64. The van der Waals surface area contributed by atoms with Gasteiger partial charge in [0.15, 0.2) is 0 Å². The summed E-state index contributed by atoms with van der Waals surface area (Å²) in [4.78, 5) is 23.5. The molecule has 0 N–H and O–H groups in total. The second kappa shape index (κ2) is 6.37. The molecule has 1 aromatic rings. The predicted octanol–water partition coefficient (Wildman–Crippen LogP) is 2.51. The topological polar surface area (TPSA) is 52.6 Å². The first-order valence-corrected chi connectivity index (χ1v) is 6.62. The molecule has 0 bridgehead atoms. The van der Waals surface area contributed by atoms with Crippen molar-refractivity contribution in [3.05, 3.63) is 41.0 Å². The maximum atomic E-state index is 12.0. The zero-order chi connectivity index (χ0) is 14.5. The van der Waals surface area contributed by atoms with Crippen molar-refractivity contribution in [2.45, 2.75) is 25.7 Å². The molecule has 0 aromatic heterocycles. The van der Waals surface area contributed by atoms with Gasteiger partial charge in [-0.25, -0.2) is 4.79 Å². The molecule has 0 atom stereocenters. The van der Waals surface area contributed by atoms with Crippen LogP contribution < -0.4 is 0 Å². The molecule has 0 fully saturated rings. The van der Waals surface area contributed by atoms with E-state index in [0.29, 0.717) is 5.57 Å². The van der Waals surface area contributed by atoms with Gasteiger partial charge in [-0.15, -0.1) is 0 Å². The van der Waals surface area contributed by atoms with Crippen LogP contribution in [0.5, 0.6) is 0 Å². The van der Waals surface area contributed by atoms with Gasteiger partial charge < -0.3 is 9.47 Å². The Labute approximate surface area is 118 Å². The average molecular weight is 274 g/mol. The third-order valence-electron chi connectivity index (χ3n) is 3.56. The van der Waals surface area contributed by atoms with Crippen molar-refractivity contribution in [1.82, 2.24) is 0 Å². The van der Waals surface area contributed by atoms with Crippen molar-refractivity contribution in [1.29, 1.82) is 0 Å². The Morgan fingerprint density at radius 3 is 2.55 bits per heavy atom. The van der Waals surface area contributed by atoms with E-state index in [1.807, 2.05) is 18.2 Å². The molecule has 0 saturated carbocycles. The maximum absolute atomic E-state index is 12.0. The minimum Gasteiger partial charge on any atom is -0.469 e. The highest BCUT2D eigenvalue weighted by atomic mass is 16.5. The van der Waals surface area contributed by atoms with Gasteiger partial charge in [0.1, 0.15) is 0 Å². The summed E-state index contributed by atoms with van der Waals surface area (Å²) in [5.74, 6) is -0.886. The fourth-order valence-corrected chi connectivity index (χ4v) is 2.58. The molecule has 0 aliphatic heterocycles. The minimum atomic E-state index is -0.456. The molecule has 20 heavy (non-hydrogen) atoms. The van der Waals surface area contributed by atoms with Crippen LogP contribution in [0, 0.1) is 0 Å². The third-order valence-corrected chi connectivity index (χ3v) is 3.56. The van der Waals surface area contributed by atoms with Crippen molar-refractivity contribution in [3.63, 3.8) is 0 Å². The Bertz CT molecular complexity index is 557. The van der Waals surface area contributed by atoms with Gasteiger partial charge in [0.05, 0.1) is 26.2 Å². The first kappa shape index (κ1) is 14.3. The molecule has 1 aromatic carbocycles. The number of allylic oxidation sites excluding steroid dienone is 1. The number of fused-ring (bicyclic) bond motifs is 1. The summed E-state index contributed by atoms with van der Waals surface area (Å²) < 4.78 is 9.49. The van der Waals surface area contributed by atoms with E-state index in [1.54, 1.807) is 0 Å². The third kappa shape index (κ3) is 2.90. The quantitative estimate of drug-likeness (QED) is 0.628. The summed E-state index contributed by atoms with van der Waals surface area (Å²) in [6.45, 7) is 0. The minimum absolute atomic E-state index is 0.0488. The SMILES string of the molecule is COC(=O)C/C(C(=O)OC)=C1/CCCc2ccccc21. The molecule has 4 heteroatoms. The van der Waals surface area contributed by atoms with Crippen LogP contribution in [0.25, 0.3) is 5.57 Å². The summed E-state index contributed by atoms with van der Waals surface area (Å²) >= 11 is 0. The highest BCUT2D eigenvalue weighted by Gasteiger charge is 2.24. The number of ether oxygens (including phenoxy) is 2. The first-order chi connectivity index (χ1) is 9.67. The molecule has 1 aliphatic rings. The molecule has 1 aliphatic carbocycles. The van der Waals surface area contributed by atoms with Crippen LogP contribution in [0.4, 0.5) is 0 Å². The van der Waals surface area contributed by atoms with E-state index >= 15 is 0 Å². The van der Waals surface area contributed by atoms with E-state index in [1.165, 1.54) is 19.8 Å². The lowest BCUT2D eigenvalue weighted by atomic mass is 9.84. The van der Waals surface area contributed by atoms with Crippen LogP contribution in [0.2, 0.25) is 0 Å². The van der Waals surface area contributed by atoms with Crippen molar-refractivity contribution in [2.24, 2.45) is 0 Å². The molecule has 4 nitrogen and oxygen atoms in total. The van der Waals surface area contributed by atoms with Crippen LogP contribution in [-0.2, 0) is 25.5 Å². The largest absolute Gasteiger partial charge is 0.469 e. The van der Waals surface area contributed by atoms with Crippen molar-refractivity contribution in [2.75, 3.05) is 14.2 Å². The van der Waals surface area contributed by atoms with Crippen LogP contribution >= 0.6 is 0 Å². The zero-order valence-electron chi connectivity index (χ0n) is 11.8. The number of benzene rings is 1. The molecule has 0 unspecified atom stereocenters. The standard InChI is InChI=1S/C16H18O4/c1-19-15(17)10-14(16(18)20-2)13-9-5-7-11-6-3-4-8-12(11)13/h3-4,6,8H,5,7,9-10H2,1-2H3/b14-13+. The van der Waals surface area contributed by atoms with Gasteiger partial charge in [0.25, 0.3) is 0 Å². The summed E-state index contributed by atoms with van der Waals surface area (Å²) in [5, 5.41) is 0. The summed E-state index contributed by atoms with van der Waals surface area (Å²) in [6.07, 6.45) is 2.69. The Morgan fingerprint density at radius 2 is 1.85 bits per heavy atom. The van der Waals surface area contributed by atoms with Gasteiger partial charge in [-0.2, -0.15) is 0 Å². The number of methoxy groups -OCH3 is 2. The molecule has 0 heterocycles. The fraction of sp³-hybridized carbons (Fsp3) is 0.375. The smallest absolute Gasteiger partial charge is 0.334 e. The number of carbonyl (C=O) groups is 2. The van der Waals surface area contributed by atoms with Crippen molar-refractivity contribution in [3.8, 4) is 0 Å². The number of esters is 2. The normalized spacial score (nSPS) is 16.1. The van der Waals surface area contributed by atoms with E-state index in [0.717, 1.165) is 30.4 Å². The molecule has 0 saturated heterocycles. The number of hydrogen-bond donors (Lipinski definition) is 0. The lowest BCUT2D eigenvalue weighted by Gasteiger charge is -2.21. The number of rotatable bonds is 3. The maximum Gasteiger partial charge on any atom is 0.334 e. The number of aryl methyl sites for hydroxylation is 1. The Kier molecular flexibility index (Phi) is 4.56. The highest BCUT2D eigenvalue weighted by Crippen LogP contribution is 2.34. The van der Waals surface area contributed by atoms with Gasteiger partial charge in [-0.3, -0.25) is 4.79 Å². The Morgan fingerprint density at radius 1 is 1.10 bits per heavy atom. The summed E-state index contributed by atoms with van der Waals surface area (Å²) in [6, 6.07) is 7.97. The second-order valence-corrected chi connectivity index (χ2v) is 4.71. The van der Waals surface area contributed by atoms with Crippen molar-refractivity contribution >= 4 is 17.5 Å². The molecular formula is C16H18O4. The lowest BCUT2D eigenvalue weighted by Crippen LogP contribution is -2.15. The van der Waals surface area contributed by atoms with Gasteiger partial charge in [-0.05, 0) is 36.0 Å². The van der Waals surface area contributed by atoms with E-state index < -0.39 is 11.9 Å². The number of carbonyl (C=O) groups excluding carboxylic acids is 2. The van der Waals surface area contributed by atoms with Gasteiger partial charge in [0, 0.05) is 0 Å². The lowest BCUT2D eigenvalue weighted by molar-refractivity contribution is -0.143. The molecular weight excluding hydrogens is 256 g/mol. The van der Waals surface area contributed by atoms with E-state index in [2.05, 4.69) is 10.8 Å².